The van der Waals surface area contributed by atoms with Crippen LogP contribution in [0.15, 0.2) is 30.5 Å². The van der Waals surface area contributed by atoms with Crippen LogP contribution in [0.2, 0.25) is 5.15 Å². The van der Waals surface area contributed by atoms with Gasteiger partial charge >= 0.3 is 5.97 Å². The second-order valence-electron chi connectivity index (χ2n) is 4.08. The molecular formula is C15H15ClN2O3. The van der Waals surface area contributed by atoms with Gasteiger partial charge in [-0.2, -0.15) is 0 Å². The zero-order chi connectivity index (χ0) is 15.2. The van der Waals surface area contributed by atoms with E-state index >= 15 is 0 Å². The summed E-state index contributed by atoms with van der Waals surface area (Å²) in [5, 5.41) is 0.0697. The number of nitrogens with zero attached hydrogens (tertiary/aromatic N) is 2. The summed E-state index contributed by atoms with van der Waals surface area (Å²) < 4.78 is 10.3. The molecule has 0 bridgehead atoms. The van der Waals surface area contributed by atoms with Gasteiger partial charge in [0.05, 0.1) is 13.2 Å². The predicted octanol–water partition coefficient (Wildman–Crippen LogP) is 3.37. The Kier molecular flexibility index (Phi) is 5.11. The van der Waals surface area contributed by atoms with Crippen LogP contribution in [0.1, 0.15) is 24.2 Å². The van der Waals surface area contributed by atoms with Gasteiger partial charge in [0.25, 0.3) is 0 Å². The molecule has 0 aliphatic carbocycles. The minimum Gasteiger partial charge on any atom is -0.494 e. The summed E-state index contributed by atoms with van der Waals surface area (Å²) >= 11 is 6.03. The van der Waals surface area contributed by atoms with E-state index in [1.165, 1.54) is 6.20 Å². The molecule has 21 heavy (non-hydrogen) atoms. The van der Waals surface area contributed by atoms with E-state index in [-0.39, 0.29) is 17.3 Å². The monoisotopic (exact) mass is 306 g/mol. The molecule has 2 rings (SSSR count). The number of ether oxygens (including phenoxy) is 2. The van der Waals surface area contributed by atoms with Crippen molar-refractivity contribution in [1.29, 1.82) is 0 Å². The van der Waals surface area contributed by atoms with Crippen LogP contribution in [0.3, 0.4) is 0 Å². The third-order valence-corrected chi connectivity index (χ3v) is 2.93. The van der Waals surface area contributed by atoms with Crippen LogP contribution < -0.4 is 4.74 Å². The lowest BCUT2D eigenvalue weighted by Gasteiger charge is -2.07. The zero-order valence-corrected chi connectivity index (χ0v) is 12.6. The number of carbonyl (C=O) groups is 1. The summed E-state index contributed by atoms with van der Waals surface area (Å²) in [6.07, 6.45) is 1.37. The molecule has 6 heteroatoms. The maximum Gasteiger partial charge on any atom is 0.342 e. The molecule has 110 valence electrons. The summed E-state index contributed by atoms with van der Waals surface area (Å²) in [7, 11) is 0. The lowest BCUT2D eigenvalue weighted by molar-refractivity contribution is 0.0525. The second kappa shape index (κ2) is 7.04. The first-order valence-electron chi connectivity index (χ1n) is 6.58. The van der Waals surface area contributed by atoms with Gasteiger partial charge in [0.1, 0.15) is 16.5 Å². The molecule has 0 aliphatic rings. The first kappa shape index (κ1) is 15.3. The Morgan fingerprint density at radius 3 is 2.76 bits per heavy atom. The number of hydrogen-bond acceptors (Lipinski definition) is 5. The van der Waals surface area contributed by atoms with Crippen LogP contribution in [-0.4, -0.2) is 29.2 Å². The molecule has 1 heterocycles. The van der Waals surface area contributed by atoms with Gasteiger partial charge in [0.15, 0.2) is 5.82 Å². The third-order valence-electron chi connectivity index (χ3n) is 2.64. The van der Waals surface area contributed by atoms with Gasteiger partial charge in [0, 0.05) is 11.8 Å². The average molecular weight is 307 g/mol. The van der Waals surface area contributed by atoms with Gasteiger partial charge in [-0.15, -0.1) is 0 Å². The van der Waals surface area contributed by atoms with E-state index in [2.05, 4.69) is 9.97 Å². The van der Waals surface area contributed by atoms with Gasteiger partial charge < -0.3 is 9.47 Å². The number of hydrogen-bond donors (Lipinski definition) is 0. The zero-order valence-electron chi connectivity index (χ0n) is 11.8. The maximum atomic E-state index is 11.6. The van der Waals surface area contributed by atoms with E-state index in [4.69, 9.17) is 21.1 Å². The van der Waals surface area contributed by atoms with E-state index in [9.17, 15) is 4.79 Å². The smallest absolute Gasteiger partial charge is 0.342 e. The normalized spacial score (nSPS) is 10.2. The number of esters is 1. The molecule has 0 N–H and O–H groups in total. The molecule has 0 spiro atoms. The van der Waals surface area contributed by atoms with Crippen LogP contribution >= 0.6 is 11.6 Å². The van der Waals surface area contributed by atoms with Crippen LogP contribution in [0.5, 0.6) is 5.75 Å². The second-order valence-corrected chi connectivity index (χ2v) is 4.44. The SMILES string of the molecule is CCOC(=O)c1cnc(-c2cccc(OCC)c2)nc1Cl. The standard InChI is InChI=1S/C15H15ClN2O3/c1-3-20-11-7-5-6-10(8-11)14-17-9-12(13(16)18-14)15(19)21-4-2/h5-9H,3-4H2,1-2H3. The fourth-order valence-electron chi connectivity index (χ4n) is 1.74. The van der Waals surface area contributed by atoms with E-state index < -0.39 is 5.97 Å². The quantitative estimate of drug-likeness (QED) is 0.626. The lowest BCUT2D eigenvalue weighted by Crippen LogP contribution is -2.07. The Hall–Kier alpha value is -2.14. The number of aromatic nitrogens is 2. The molecule has 0 radical (unpaired) electrons. The first-order chi connectivity index (χ1) is 10.2. The summed E-state index contributed by atoms with van der Waals surface area (Å²) in [6.45, 7) is 4.48. The van der Waals surface area contributed by atoms with Crippen molar-refractivity contribution >= 4 is 17.6 Å². The summed E-state index contributed by atoms with van der Waals surface area (Å²) in [5.41, 5.74) is 0.918. The van der Waals surface area contributed by atoms with Gasteiger partial charge in [-0.25, -0.2) is 14.8 Å². The highest BCUT2D eigenvalue weighted by Crippen LogP contribution is 2.23. The summed E-state index contributed by atoms with van der Waals surface area (Å²) in [6, 6.07) is 7.36. The topological polar surface area (TPSA) is 61.3 Å². The first-order valence-corrected chi connectivity index (χ1v) is 6.96. The fourth-order valence-corrected chi connectivity index (χ4v) is 1.94. The Morgan fingerprint density at radius 1 is 1.29 bits per heavy atom. The highest BCUT2D eigenvalue weighted by molar-refractivity contribution is 6.32. The molecule has 0 saturated carbocycles. The van der Waals surface area contributed by atoms with Crippen molar-refractivity contribution in [2.75, 3.05) is 13.2 Å². The summed E-state index contributed by atoms with van der Waals surface area (Å²) in [5.74, 6) is 0.621. The van der Waals surface area contributed by atoms with Crippen molar-refractivity contribution in [1.82, 2.24) is 9.97 Å². The summed E-state index contributed by atoms with van der Waals surface area (Å²) in [4.78, 5) is 20.0. The van der Waals surface area contributed by atoms with Gasteiger partial charge in [-0.05, 0) is 26.0 Å². The minimum atomic E-state index is -0.530. The minimum absolute atomic E-state index is 0.0697. The maximum absolute atomic E-state index is 11.6. The van der Waals surface area contributed by atoms with Crippen LogP contribution in [0.25, 0.3) is 11.4 Å². The third kappa shape index (κ3) is 3.70. The lowest BCUT2D eigenvalue weighted by atomic mass is 10.2. The Morgan fingerprint density at radius 2 is 2.10 bits per heavy atom. The number of halogens is 1. The van der Waals surface area contributed by atoms with Crippen molar-refractivity contribution in [2.45, 2.75) is 13.8 Å². The number of rotatable bonds is 5. The van der Waals surface area contributed by atoms with Gasteiger partial charge in [-0.1, -0.05) is 23.7 Å². The molecule has 2 aromatic rings. The molecule has 0 atom stereocenters. The molecule has 0 unspecified atom stereocenters. The van der Waals surface area contributed by atoms with Gasteiger partial charge in [0.2, 0.25) is 0 Å². The molecule has 0 aliphatic heterocycles. The van der Waals surface area contributed by atoms with Crippen LogP contribution in [0, 0.1) is 0 Å². The van der Waals surface area contributed by atoms with Crippen molar-refractivity contribution < 1.29 is 14.3 Å². The Bertz CT molecular complexity index is 647. The fraction of sp³-hybridized carbons (Fsp3) is 0.267. The van der Waals surface area contributed by atoms with E-state index in [0.29, 0.717) is 12.4 Å². The predicted molar refractivity (Wildman–Crippen MR) is 79.6 cm³/mol. The van der Waals surface area contributed by atoms with E-state index in [1.54, 1.807) is 6.92 Å². The number of benzene rings is 1. The highest BCUT2D eigenvalue weighted by Gasteiger charge is 2.15. The van der Waals surface area contributed by atoms with Crippen molar-refractivity contribution in [3.8, 4) is 17.1 Å². The molecule has 5 nitrogen and oxygen atoms in total. The van der Waals surface area contributed by atoms with Crippen molar-refractivity contribution in [3.05, 3.63) is 41.2 Å². The van der Waals surface area contributed by atoms with Crippen molar-refractivity contribution in [3.63, 3.8) is 0 Å². The van der Waals surface area contributed by atoms with Gasteiger partial charge in [-0.3, -0.25) is 0 Å². The largest absolute Gasteiger partial charge is 0.494 e. The molecule has 1 aromatic carbocycles. The molecule has 0 saturated heterocycles. The number of carbonyl (C=O) groups excluding carboxylic acids is 1. The Labute approximate surface area is 127 Å². The van der Waals surface area contributed by atoms with E-state index in [0.717, 1.165) is 11.3 Å². The average Bonchev–Trinajstić information content (AvgIpc) is 2.48. The molecule has 1 aromatic heterocycles. The molecule has 0 amide bonds. The molecular weight excluding hydrogens is 292 g/mol. The Balaban J connectivity index is 2.31. The molecule has 0 fully saturated rings. The van der Waals surface area contributed by atoms with Crippen LogP contribution in [0.4, 0.5) is 0 Å². The van der Waals surface area contributed by atoms with Crippen LogP contribution in [-0.2, 0) is 4.74 Å². The van der Waals surface area contributed by atoms with E-state index in [1.807, 2.05) is 31.2 Å². The highest BCUT2D eigenvalue weighted by atomic mass is 35.5. The van der Waals surface area contributed by atoms with Crippen molar-refractivity contribution in [2.24, 2.45) is 0 Å².